The van der Waals surface area contributed by atoms with Gasteiger partial charge < -0.3 is 15.5 Å². The van der Waals surface area contributed by atoms with Crippen molar-refractivity contribution in [3.8, 4) is 0 Å². The number of fused-ring (bicyclic) bond motifs is 1. The van der Waals surface area contributed by atoms with Crippen LogP contribution in [0.5, 0.6) is 0 Å². The minimum absolute atomic E-state index is 0.169. The Morgan fingerprint density at radius 1 is 1.62 bits per heavy atom. The number of hydrogen-bond donors (Lipinski definition) is 2. The van der Waals surface area contributed by atoms with Gasteiger partial charge in [-0.05, 0) is 24.1 Å². The Labute approximate surface area is 92.6 Å². The van der Waals surface area contributed by atoms with E-state index >= 15 is 0 Å². The highest BCUT2D eigenvalue weighted by Gasteiger charge is 2.12. The predicted molar refractivity (Wildman–Crippen MR) is 59.8 cm³/mol. The maximum absolute atomic E-state index is 11.3. The monoisotopic (exact) mass is 219 g/mol. The minimum Gasteiger partial charge on any atom is -0.443 e. The van der Waals surface area contributed by atoms with Crippen LogP contribution in [-0.2, 0) is 11.2 Å². The van der Waals surface area contributed by atoms with Crippen LogP contribution in [0.2, 0.25) is 0 Å². The first-order valence-corrected chi connectivity index (χ1v) is 5.00. The maximum atomic E-state index is 11.3. The van der Waals surface area contributed by atoms with E-state index in [1.807, 2.05) is 18.2 Å². The molecule has 5 nitrogen and oxygen atoms in total. The molecule has 3 N–H and O–H groups in total. The molecule has 5 heteroatoms. The van der Waals surface area contributed by atoms with E-state index in [-0.39, 0.29) is 5.91 Å². The number of aromatic nitrogens is 1. The van der Waals surface area contributed by atoms with Crippen LogP contribution in [0.1, 0.15) is 5.56 Å². The molecular formula is C11H13N3O2. The highest BCUT2D eigenvalue weighted by molar-refractivity contribution is 5.81. The molecule has 1 aromatic heterocycles. The first-order chi connectivity index (χ1) is 7.70. The summed E-state index contributed by atoms with van der Waals surface area (Å²) in [6.45, 7) is 0. The second-order valence-electron chi connectivity index (χ2n) is 3.58. The summed E-state index contributed by atoms with van der Waals surface area (Å²) in [5.41, 5.74) is 8.19. The number of nitrogens with zero attached hydrogens (tertiary/aromatic N) is 1. The third-order valence-electron chi connectivity index (χ3n) is 2.43. The van der Waals surface area contributed by atoms with Crippen molar-refractivity contribution in [3.05, 3.63) is 30.2 Å². The van der Waals surface area contributed by atoms with Crippen LogP contribution >= 0.6 is 0 Å². The van der Waals surface area contributed by atoms with Crippen molar-refractivity contribution in [2.75, 3.05) is 7.05 Å². The van der Waals surface area contributed by atoms with Crippen LogP contribution in [0.4, 0.5) is 0 Å². The van der Waals surface area contributed by atoms with Gasteiger partial charge in [0.25, 0.3) is 0 Å². The van der Waals surface area contributed by atoms with Gasteiger partial charge in [0.1, 0.15) is 5.52 Å². The third kappa shape index (κ3) is 2.04. The molecule has 0 aliphatic rings. The molecule has 0 radical (unpaired) electrons. The van der Waals surface area contributed by atoms with Gasteiger partial charge in [-0.3, -0.25) is 4.79 Å². The van der Waals surface area contributed by atoms with Crippen molar-refractivity contribution in [2.45, 2.75) is 12.5 Å². The molecule has 0 aliphatic heterocycles. The van der Waals surface area contributed by atoms with Gasteiger partial charge in [-0.2, -0.15) is 0 Å². The minimum atomic E-state index is -0.537. The van der Waals surface area contributed by atoms with Gasteiger partial charge in [0.15, 0.2) is 12.0 Å². The smallest absolute Gasteiger partial charge is 0.237 e. The summed E-state index contributed by atoms with van der Waals surface area (Å²) in [7, 11) is 1.57. The number of amides is 1. The summed E-state index contributed by atoms with van der Waals surface area (Å²) in [4.78, 5) is 15.3. The van der Waals surface area contributed by atoms with Crippen molar-refractivity contribution in [3.63, 3.8) is 0 Å². The first kappa shape index (κ1) is 10.6. The van der Waals surface area contributed by atoms with Gasteiger partial charge in [-0.15, -0.1) is 0 Å². The zero-order valence-corrected chi connectivity index (χ0v) is 8.93. The molecule has 1 heterocycles. The summed E-state index contributed by atoms with van der Waals surface area (Å²) >= 11 is 0. The lowest BCUT2D eigenvalue weighted by molar-refractivity contribution is -0.121. The molecular weight excluding hydrogens is 206 g/mol. The molecule has 0 spiro atoms. The average molecular weight is 219 g/mol. The Hall–Kier alpha value is -1.88. The van der Waals surface area contributed by atoms with Crippen LogP contribution in [0, 0.1) is 0 Å². The molecule has 1 unspecified atom stereocenters. The van der Waals surface area contributed by atoms with Gasteiger partial charge in [0, 0.05) is 7.05 Å². The van der Waals surface area contributed by atoms with Crippen molar-refractivity contribution >= 4 is 17.0 Å². The van der Waals surface area contributed by atoms with E-state index < -0.39 is 6.04 Å². The summed E-state index contributed by atoms with van der Waals surface area (Å²) in [6.07, 6.45) is 1.88. The van der Waals surface area contributed by atoms with Crippen molar-refractivity contribution in [1.82, 2.24) is 10.3 Å². The lowest BCUT2D eigenvalue weighted by atomic mass is 10.1. The fraction of sp³-hybridized carbons (Fsp3) is 0.273. The lowest BCUT2D eigenvalue weighted by Crippen LogP contribution is -2.40. The first-order valence-electron chi connectivity index (χ1n) is 5.00. The molecule has 0 saturated heterocycles. The highest BCUT2D eigenvalue weighted by Crippen LogP contribution is 2.15. The van der Waals surface area contributed by atoms with Crippen LogP contribution in [0.15, 0.2) is 29.0 Å². The van der Waals surface area contributed by atoms with Gasteiger partial charge in [-0.25, -0.2) is 4.98 Å². The average Bonchev–Trinajstić information content (AvgIpc) is 2.75. The molecule has 0 fully saturated rings. The molecule has 2 aromatic rings. The SMILES string of the molecule is CNC(=O)C(N)Cc1ccc2ncoc2c1. The van der Waals surface area contributed by atoms with Crippen LogP contribution in [-0.4, -0.2) is 24.0 Å². The summed E-state index contributed by atoms with van der Waals surface area (Å²) in [5, 5.41) is 2.52. The number of oxazole rings is 1. The normalized spacial score (nSPS) is 12.6. The number of carbonyl (C=O) groups excluding carboxylic acids is 1. The van der Waals surface area contributed by atoms with E-state index in [1.165, 1.54) is 6.39 Å². The van der Waals surface area contributed by atoms with Gasteiger partial charge in [0.05, 0.1) is 6.04 Å². The van der Waals surface area contributed by atoms with E-state index in [9.17, 15) is 4.79 Å². The van der Waals surface area contributed by atoms with E-state index in [0.717, 1.165) is 11.1 Å². The molecule has 16 heavy (non-hydrogen) atoms. The van der Waals surface area contributed by atoms with Crippen molar-refractivity contribution in [1.29, 1.82) is 0 Å². The van der Waals surface area contributed by atoms with E-state index in [4.69, 9.17) is 10.2 Å². The Morgan fingerprint density at radius 2 is 2.44 bits per heavy atom. The summed E-state index contributed by atoms with van der Waals surface area (Å²) < 4.78 is 5.17. The number of benzene rings is 1. The zero-order valence-electron chi connectivity index (χ0n) is 8.93. The number of carbonyl (C=O) groups is 1. The highest BCUT2D eigenvalue weighted by atomic mass is 16.3. The van der Waals surface area contributed by atoms with Crippen molar-refractivity contribution in [2.24, 2.45) is 5.73 Å². The molecule has 0 saturated carbocycles. The number of rotatable bonds is 3. The second-order valence-corrected chi connectivity index (χ2v) is 3.58. The van der Waals surface area contributed by atoms with Crippen molar-refractivity contribution < 1.29 is 9.21 Å². The molecule has 0 aliphatic carbocycles. The second kappa shape index (κ2) is 4.32. The third-order valence-corrected chi connectivity index (χ3v) is 2.43. The Bertz CT molecular complexity index is 507. The largest absolute Gasteiger partial charge is 0.443 e. The summed E-state index contributed by atoms with van der Waals surface area (Å²) in [5.74, 6) is -0.169. The quantitative estimate of drug-likeness (QED) is 0.785. The molecule has 2 rings (SSSR count). The molecule has 1 aromatic carbocycles. The predicted octanol–water partition coefficient (Wildman–Crippen LogP) is 0.444. The molecule has 84 valence electrons. The number of hydrogen-bond acceptors (Lipinski definition) is 4. The van der Waals surface area contributed by atoms with Gasteiger partial charge >= 0.3 is 0 Å². The molecule has 1 atom stereocenters. The maximum Gasteiger partial charge on any atom is 0.237 e. The summed E-state index contributed by atoms with van der Waals surface area (Å²) in [6, 6.07) is 5.06. The topological polar surface area (TPSA) is 81.2 Å². The number of nitrogens with two attached hydrogens (primary N) is 1. The lowest BCUT2D eigenvalue weighted by Gasteiger charge is -2.09. The Kier molecular flexibility index (Phi) is 2.87. The fourth-order valence-corrected chi connectivity index (χ4v) is 1.56. The van der Waals surface area contributed by atoms with E-state index in [0.29, 0.717) is 12.0 Å². The van der Waals surface area contributed by atoms with Crippen LogP contribution in [0.3, 0.4) is 0 Å². The molecule has 1 amide bonds. The fourth-order valence-electron chi connectivity index (χ4n) is 1.56. The van der Waals surface area contributed by atoms with Gasteiger partial charge in [0.2, 0.25) is 5.91 Å². The van der Waals surface area contributed by atoms with Gasteiger partial charge in [-0.1, -0.05) is 6.07 Å². The number of likely N-dealkylation sites (N-methyl/N-ethyl adjacent to an activating group) is 1. The molecule has 0 bridgehead atoms. The van der Waals surface area contributed by atoms with E-state index in [1.54, 1.807) is 7.05 Å². The van der Waals surface area contributed by atoms with Crippen LogP contribution < -0.4 is 11.1 Å². The zero-order chi connectivity index (χ0) is 11.5. The van der Waals surface area contributed by atoms with E-state index in [2.05, 4.69) is 10.3 Å². The number of nitrogens with one attached hydrogen (secondary N) is 1. The van der Waals surface area contributed by atoms with Crippen LogP contribution in [0.25, 0.3) is 11.1 Å². The Morgan fingerprint density at radius 3 is 3.19 bits per heavy atom. The standard InChI is InChI=1S/C11H13N3O2/c1-13-11(15)8(12)4-7-2-3-9-10(5-7)16-6-14-9/h2-3,5-6,8H,4,12H2,1H3,(H,13,15). The Balaban J connectivity index is 2.17.